The second-order valence-corrected chi connectivity index (χ2v) is 4.73. The third kappa shape index (κ3) is 5.59. The minimum absolute atomic E-state index is 0.0840. The number of carboxylic acid groups (broad SMARTS) is 1. The largest absolute Gasteiger partial charge is 0.481 e. The van der Waals surface area contributed by atoms with Gasteiger partial charge in [0.05, 0.1) is 6.42 Å². The molecule has 0 unspecified atom stereocenters. The number of nitrogens with zero attached hydrogens (tertiary/aromatic N) is 1. The third-order valence-corrected chi connectivity index (χ3v) is 2.97. The quantitative estimate of drug-likeness (QED) is 0.748. The van der Waals surface area contributed by atoms with Crippen molar-refractivity contribution in [3.63, 3.8) is 0 Å². The van der Waals surface area contributed by atoms with Crippen LogP contribution >= 0.6 is 11.6 Å². The van der Waals surface area contributed by atoms with Crippen LogP contribution in [0.3, 0.4) is 0 Å². The van der Waals surface area contributed by atoms with Crippen molar-refractivity contribution in [2.45, 2.75) is 12.8 Å². The molecule has 0 aromatic heterocycles. The van der Waals surface area contributed by atoms with Crippen LogP contribution in [-0.2, 0) is 9.53 Å². The van der Waals surface area contributed by atoms with Crippen molar-refractivity contribution in [3.8, 4) is 0 Å². The van der Waals surface area contributed by atoms with E-state index in [0.29, 0.717) is 30.2 Å². The lowest BCUT2D eigenvalue weighted by Gasteiger charge is -2.22. The summed E-state index contributed by atoms with van der Waals surface area (Å²) in [6.07, 6.45) is 0.571. The van der Waals surface area contributed by atoms with Gasteiger partial charge in [-0.05, 0) is 24.6 Å². The Morgan fingerprint density at radius 2 is 2.10 bits per heavy atom. The van der Waals surface area contributed by atoms with Crippen LogP contribution in [0.15, 0.2) is 24.3 Å². The zero-order chi connectivity index (χ0) is 15.0. The first-order chi connectivity index (χ1) is 9.54. The number of carbonyl (C=O) groups excluding carboxylic acids is 1. The zero-order valence-electron chi connectivity index (χ0n) is 11.3. The van der Waals surface area contributed by atoms with Crippen LogP contribution in [0.5, 0.6) is 0 Å². The number of hydrogen-bond donors (Lipinski definition) is 1. The van der Waals surface area contributed by atoms with E-state index in [2.05, 4.69) is 0 Å². The summed E-state index contributed by atoms with van der Waals surface area (Å²) in [6, 6.07) is 6.62. The van der Waals surface area contributed by atoms with E-state index >= 15 is 0 Å². The first-order valence-corrected chi connectivity index (χ1v) is 6.68. The molecule has 6 heteroatoms. The van der Waals surface area contributed by atoms with Crippen LogP contribution in [0.1, 0.15) is 23.2 Å². The molecular weight excluding hydrogens is 282 g/mol. The van der Waals surface area contributed by atoms with Gasteiger partial charge < -0.3 is 14.7 Å². The standard InChI is InChI=1S/C14H18ClNO4/c1-20-9-3-7-16(8-6-13(17)18)14(19)11-4-2-5-12(15)10-11/h2,4-5,10H,3,6-9H2,1H3,(H,17,18). The van der Waals surface area contributed by atoms with Gasteiger partial charge in [0.1, 0.15) is 0 Å². The number of methoxy groups -OCH3 is 1. The lowest BCUT2D eigenvalue weighted by atomic mass is 10.2. The highest BCUT2D eigenvalue weighted by Crippen LogP contribution is 2.13. The van der Waals surface area contributed by atoms with Crippen LogP contribution in [0.2, 0.25) is 5.02 Å². The number of benzene rings is 1. The normalized spacial score (nSPS) is 10.3. The highest BCUT2D eigenvalue weighted by atomic mass is 35.5. The molecule has 0 aliphatic carbocycles. The minimum Gasteiger partial charge on any atom is -0.481 e. The Kier molecular flexibility index (Phi) is 7.04. The van der Waals surface area contributed by atoms with Crippen LogP contribution in [0.25, 0.3) is 0 Å². The number of amides is 1. The summed E-state index contributed by atoms with van der Waals surface area (Å²) in [7, 11) is 1.58. The van der Waals surface area contributed by atoms with Gasteiger partial charge in [0.25, 0.3) is 5.91 Å². The number of hydrogen-bond acceptors (Lipinski definition) is 3. The van der Waals surface area contributed by atoms with Crippen molar-refractivity contribution < 1.29 is 19.4 Å². The average molecular weight is 300 g/mol. The van der Waals surface area contributed by atoms with Crippen molar-refractivity contribution in [1.82, 2.24) is 4.90 Å². The maximum atomic E-state index is 12.3. The SMILES string of the molecule is COCCCN(CCC(=O)O)C(=O)c1cccc(Cl)c1. The Labute approximate surface area is 123 Å². The fourth-order valence-corrected chi connectivity index (χ4v) is 1.94. The van der Waals surface area contributed by atoms with Crippen LogP contribution in [0, 0.1) is 0 Å². The molecule has 1 aromatic rings. The van der Waals surface area contributed by atoms with Gasteiger partial charge in [0, 0.05) is 37.4 Å². The molecule has 0 aliphatic rings. The highest BCUT2D eigenvalue weighted by molar-refractivity contribution is 6.30. The topological polar surface area (TPSA) is 66.8 Å². The van der Waals surface area contributed by atoms with Crippen LogP contribution in [0.4, 0.5) is 0 Å². The summed E-state index contributed by atoms with van der Waals surface area (Å²) in [5.74, 6) is -1.15. The average Bonchev–Trinajstić information content (AvgIpc) is 2.41. The molecule has 0 spiro atoms. The summed E-state index contributed by atoms with van der Waals surface area (Å²) < 4.78 is 4.95. The van der Waals surface area contributed by atoms with Crippen molar-refractivity contribution >= 4 is 23.5 Å². The van der Waals surface area contributed by atoms with Crippen molar-refractivity contribution in [3.05, 3.63) is 34.9 Å². The smallest absolute Gasteiger partial charge is 0.305 e. The predicted octanol–water partition coefficient (Wildman–Crippen LogP) is 2.29. The van der Waals surface area contributed by atoms with Gasteiger partial charge in [-0.1, -0.05) is 17.7 Å². The van der Waals surface area contributed by atoms with E-state index in [1.807, 2.05) is 0 Å². The number of rotatable bonds is 8. The molecule has 1 N–H and O–H groups in total. The molecule has 5 nitrogen and oxygen atoms in total. The van der Waals surface area contributed by atoms with Gasteiger partial charge in [-0.3, -0.25) is 9.59 Å². The summed E-state index contributed by atoms with van der Waals surface area (Å²) in [5, 5.41) is 9.22. The van der Waals surface area contributed by atoms with Gasteiger partial charge in [-0.15, -0.1) is 0 Å². The zero-order valence-corrected chi connectivity index (χ0v) is 12.1. The summed E-state index contributed by atoms with van der Waals surface area (Å²) in [4.78, 5) is 24.5. The van der Waals surface area contributed by atoms with Crippen molar-refractivity contribution in [2.75, 3.05) is 26.8 Å². The van der Waals surface area contributed by atoms with Crippen LogP contribution < -0.4 is 0 Å². The molecule has 20 heavy (non-hydrogen) atoms. The number of aliphatic carboxylic acids is 1. The van der Waals surface area contributed by atoms with Crippen molar-refractivity contribution in [2.24, 2.45) is 0 Å². The summed E-state index contributed by atoms with van der Waals surface area (Å²) >= 11 is 5.86. The van der Waals surface area contributed by atoms with Gasteiger partial charge in [0.2, 0.25) is 0 Å². The molecular formula is C14H18ClNO4. The molecule has 110 valence electrons. The molecule has 1 amide bonds. The maximum Gasteiger partial charge on any atom is 0.305 e. The summed E-state index contributed by atoms with van der Waals surface area (Å²) in [5.41, 5.74) is 0.459. The first-order valence-electron chi connectivity index (χ1n) is 6.30. The molecule has 0 aliphatic heterocycles. The van der Waals surface area contributed by atoms with Gasteiger partial charge in [-0.2, -0.15) is 0 Å². The predicted molar refractivity (Wildman–Crippen MR) is 76.1 cm³/mol. The Morgan fingerprint density at radius 3 is 2.70 bits per heavy atom. The van der Waals surface area contributed by atoms with E-state index in [0.717, 1.165) is 0 Å². The fourth-order valence-electron chi connectivity index (χ4n) is 1.75. The van der Waals surface area contributed by atoms with Gasteiger partial charge in [-0.25, -0.2) is 0 Å². The molecule has 0 fully saturated rings. The monoisotopic (exact) mass is 299 g/mol. The van der Waals surface area contributed by atoms with Crippen LogP contribution in [-0.4, -0.2) is 48.7 Å². The second-order valence-electron chi connectivity index (χ2n) is 4.29. The number of halogens is 1. The molecule has 0 bridgehead atoms. The fraction of sp³-hybridized carbons (Fsp3) is 0.429. The van der Waals surface area contributed by atoms with Gasteiger partial charge in [0.15, 0.2) is 0 Å². The van der Waals surface area contributed by atoms with E-state index in [9.17, 15) is 9.59 Å². The van der Waals surface area contributed by atoms with E-state index in [1.165, 1.54) is 4.90 Å². The molecule has 0 saturated carbocycles. The Balaban J connectivity index is 2.74. The molecule has 1 aromatic carbocycles. The minimum atomic E-state index is -0.930. The Morgan fingerprint density at radius 1 is 1.35 bits per heavy atom. The lowest BCUT2D eigenvalue weighted by molar-refractivity contribution is -0.137. The van der Waals surface area contributed by atoms with E-state index < -0.39 is 5.97 Å². The number of carboxylic acids is 1. The Hall–Kier alpha value is -1.59. The summed E-state index contributed by atoms with van der Waals surface area (Å²) in [6.45, 7) is 1.14. The molecule has 0 saturated heterocycles. The van der Waals surface area contributed by atoms with E-state index in [4.69, 9.17) is 21.4 Å². The molecule has 1 rings (SSSR count). The third-order valence-electron chi connectivity index (χ3n) is 2.73. The van der Waals surface area contributed by atoms with Gasteiger partial charge >= 0.3 is 5.97 Å². The number of ether oxygens (including phenoxy) is 1. The van der Waals surface area contributed by atoms with Crippen molar-refractivity contribution in [1.29, 1.82) is 0 Å². The Bertz CT molecular complexity index is 464. The number of carbonyl (C=O) groups is 2. The molecule has 0 heterocycles. The lowest BCUT2D eigenvalue weighted by Crippen LogP contribution is -2.34. The second kappa shape index (κ2) is 8.55. The van der Waals surface area contributed by atoms with E-state index in [-0.39, 0.29) is 18.9 Å². The molecule has 0 atom stereocenters. The van der Waals surface area contributed by atoms with E-state index in [1.54, 1.807) is 31.4 Å². The highest BCUT2D eigenvalue weighted by Gasteiger charge is 2.16. The first kappa shape index (κ1) is 16.5. The maximum absolute atomic E-state index is 12.3. The molecule has 0 radical (unpaired) electrons.